The Kier molecular flexibility index (Phi) is 5.37. The van der Waals surface area contributed by atoms with E-state index in [9.17, 15) is 9.59 Å². The summed E-state index contributed by atoms with van der Waals surface area (Å²) in [4.78, 5) is 27.1. The number of thioether (sulfide) groups is 1. The van der Waals surface area contributed by atoms with E-state index in [1.54, 1.807) is 12.1 Å². The van der Waals surface area contributed by atoms with Crippen molar-refractivity contribution in [2.24, 2.45) is 0 Å². The van der Waals surface area contributed by atoms with E-state index in [0.717, 1.165) is 39.2 Å². The number of fused-ring (bicyclic) bond motifs is 1. The number of hydrogen-bond donors (Lipinski definition) is 0. The molecule has 2 heterocycles. The Morgan fingerprint density at radius 3 is 2.62 bits per heavy atom. The Labute approximate surface area is 194 Å². The minimum atomic E-state index is -0.315. The van der Waals surface area contributed by atoms with Gasteiger partial charge >= 0.3 is 0 Å². The lowest BCUT2D eigenvalue weighted by molar-refractivity contribution is -0.123. The van der Waals surface area contributed by atoms with Gasteiger partial charge in [0.1, 0.15) is 11.5 Å². The highest BCUT2D eigenvalue weighted by molar-refractivity contribution is 8.18. The molecule has 1 aromatic heterocycles. The van der Waals surface area contributed by atoms with E-state index < -0.39 is 0 Å². The third-order valence-corrected chi connectivity index (χ3v) is 6.54. The average Bonchev–Trinajstić information content (AvgIpc) is 3.35. The summed E-state index contributed by atoms with van der Waals surface area (Å²) in [7, 11) is 0. The molecule has 0 N–H and O–H groups in total. The van der Waals surface area contributed by atoms with Crippen LogP contribution in [0.1, 0.15) is 16.9 Å². The summed E-state index contributed by atoms with van der Waals surface area (Å²) in [5.74, 6) is 0.854. The first kappa shape index (κ1) is 20.6. The Hall–Kier alpha value is -3.28. The molecule has 158 valence electrons. The third kappa shape index (κ3) is 3.97. The molecule has 5 rings (SSSR count). The summed E-state index contributed by atoms with van der Waals surface area (Å²) in [5, 5.41) is 2.53. The zero-order chi connectivity index (χ0) is 22.2. The standard InChI is InChI=1S/C26H18ClNO3S/c1-16-6-9-20(27)13-22(16)23-11-10-21(31-23)14-24-25(29)28(26(30)32-24)15-17-7-8-18-4-2-3-5-19(18)12-17/h2-14H,15H2,1H3/b24-14-. The highest BCUT2D eigenvalue weighted by Crippen LogP contribution is 2.35. The highest BCUT2D eigenvalue weighted by Gasteiger charge is 2.35. The fourth-order valence-corrected chi connectivity index (χ4v) is 4.71. The number of rotatable bonds is 4. The Morgan fingerprint density at radius 2 is 1.78 bits per heavy atom. The molecule has 0 atom stereocenters. The van der Waals surface area contributed by atoms with Crippen molar-refractivity contribution in [1.29, 1.82) is 0 Å². The topological polar surface area (TPSA) is 50.5 Å². The van der Waals surface area contributed by atoms with Crippen molar-refractivity contribution in [3.63, 3.8) is 0 Å². The largest absolute Gasteiger partial charge is 0.457 e. The maximum Gasteiger partial charge on any atom is 0.293 e. The monoisotopic (exact) mass is 459 g/mol. The summed E-state index contributed by atoms with van der Waals surface area (Å²) in [5.41, 5.74) is 2.83. The van der Waals surface area contributed by atoms with Gasteiger partial charge in [0.2, 0.25) is 0 Å². The molecule has 0 bridgehead atoms. The number of amides is 2. The van der Waals surface area contributed by atoms with Crippen LogP contribution in [0.15, 0.2) is 82.1 Å². The van der Waals surface area contributed by atoms with Gasteiger partial charge < -0.3 is 4.42 Å². The van der Waals surface area contributed by atoms with Gasteiger partial charge in [-0.25, -0.2) is 0 Å². The molecule has 1 aliphatic rings. The molecule has 1 fully saturated rings. The van der Waals surface area contributed by atoms with E-state index >= 15 is 0 Å². The number of nitrogens with zero attached hydrogens (tertiary/aromatic N) is 1. The first-order valence-electron chi connectivity index (χ1n) is 10.1. The second kappa shape index (κ2) is 8.34. The van der Waals surface area contributed by atoms with Gasteiger partial charge in [0.25, 0.3) is 11.1 Å². The molecule has 0 radical (unpaired) electrons. The van der Waals surface area contributed by atoms with Crippen LogP contribution in [0.25, 0.3) is 28.2 Å². The molecule has 1 saturated heterocycles. The normalized spacial score (nSPS) is 15.3. The van der Waals surface area contributed by atoms with Gasteiger partial charge in [-0.1, -0.05) is 54.1 Å². The third-order valence-electron chi connectivity index (χ3n) is 5.39. The molecule has 6 heteroatoms. The summed E-state index contributed by atoms with van der Waals surface area (Å²) >= 11 is 7.04. The van der Waals surface area contributed by atoms with Crippen molar-refractivity contribution in [3.05, 3.63) is 99.6 Å². The molecule has 1 aliphatic heterocycles. The molecule has 32 heavy (non-hydrogen) atoms. The molecule has 0 aliphatic carbocycles. The van der Waals surface area contributed by atoms with Gasteiger partial charge in [-0.2, -0.15) is 0 Å². The number of furan rings is 1. The molecule has 2 amide bonds. The van der Waals surface area contributed by atoms with E-state index in [1.807, 2.05) is 73.7 Å². The average molecular weight is 460 g/mol. The summed E-state index contributed by atoms with van der Waals surface area (Å²) in [6, 6.07) is 23.2. The lowest BCUT2D eigenvalue weighted by atomic mass is 10.1. The van der Waals surface area contributed by atoms with Crippen molar-refractivity contribution in [3.8, 4) is 11.3 Å². The minimum absolute atomic E-state index is 0.234. The number of carbonyl (C=O) groups is 2. The Morgan fingerprint density at radius 1 is 0.969 bits per heavy atom. The SMILES string of the molecule is Cc1ccc(Cl)cc1-c1ccc(/C=C2\SC(=O)N(Cc3ccc4ccccc4c3)C2=O)o1. The second-order valence-corrected chi connectivity index (χ2v) is 9.04. The Bertz CT molecular complexity index is 1410. The van der Waals surface area contributed by atoms with Crippen molar-refractivity contribution in [2.75, 3.05) is 0 Å². The Balaban J connectivity index is 1.37. The van der Waals surface area contributed by atoms with Crippen molar-refractivity contribution in [2.45, 2.75) is 13.5 Å². The maximum absolute atomic E-state index is 12.9. The van der Waals surface area contributed by atoms with Crippen LogP contribution < -0.4 is 0 Å². The van der Waals surface area contributed by atoms with E-state index in [2.05, 4.69) is 0 Å². The maximum atomic E-state index is 12.9. The van der Waals surface area contributed by atoms with Gasteiger partial charge in [-0.05, 0) is 70.9 Å². The molecular formula is C26H18ClNO3S. The van der Waals surface area contributed by atoms with Crippen molar-refractivity contribution < 1.29 is 14.0 Å². The molecule has 0 unspecified atom stereocenters. The highest BCUT2D eigenvalue weighted by atomic mass is 35.5. The van der Waals surface area contributed by atoms with Gasteiger partial charge in [-0.15, -0.1) is 0 Å². The molecule has 4 nitrogen and oxygen atoms in total. The fraction of sp³-hybridized carbons (Fsp3) is 0.0769. The summed E-state index contributed by atoms with van der Waals surface area (Å²) in [6.45, 7) is 2.21. The number of aryl methyl sites for hydroxylation is 1. The molecule has 0 spiro atoms. The van der Waals surface area contributed by atoms with Gasteiger partial charge in [0.15, 0.2) is 0 Å². The van der Waals surface area contributed by atoms with Crippen LogP contribution in [0.4, 0.5) is 4.79 Å². The van der Waals surface area contributed by atoms with Crippen LogP contribution >= 0.6 is 23.4 Å². The van der Waals surface area contributed by atoms with Crippen LogP contribution in [-0.4, -0.2) is 16.0 Å². The first-order chi connectivity index (χ1) is 15.5. The van der Waals surface area contributed by atoms with E-state index in [0.29, 0.717) is 21.4 Å². The number of imide groups is 1. The minimum Gasteiger partial charge on any atom is -0.457 e. The van der Waals surface area contributed by atoms with E-state index in [1.165, 1.54) is 4.90 Å². The van der Waals surface area contributed by atoms with Crippen LogP contribution in [0.5, 0.6) is 0 Å². The van der Waals surface area contributed by atoms with Crippen molar-refractivity contribution in [1.82, 2.24) is 4.90 Å². The molecular weight excluding hydrogens is 442 g/mol. The number of benzene rings is 3. The van der Waals surface area contributed by atoms with Crippen molar-refractivity contribution >= 4 is 51.4 Å². The fourth-order valence-electron chi connectivity index (χ4n) is 3.72. The predicted octanol–water partition coefficient (Wildman–Crippen LogP) is 7.30. The summed E-state index contributed by atoms with van der Waals surface area (Å²) in [6.07, 6.45) is 1.62. The van der Waals surface area contributed by atoms with Crippen LogP contribution in [-0.2, 0) is 11.3 Å². The van der Waals surface area contributed by atoms with Gasteiger partial charge in [-0.3, -0.25) is 14.5 Å². The zero-order valence-electron chi connectivity index (χ0n) is 17.2. The quantitative estimate of drug-likeness (QED) is 0.300. The van der Waals surface area contributed by atoms with Crippen LogP contribution in [0.2, 0.25) is 5.02 Å². The molecule has 0 saturated carbocycles. The summed E-state index contributed by atoms with van der Waals surface area (Å²) < 4.78 is 5.92. The van der Waals surface area contributed by atoms with Crippen LogP contribution in [0, 0.1) is 6.92 Å². The van der Waals surface area contributed by atoms with Crippen LogP contribution in [0.3, 0.4) is 0 Å². The first-order valence-corrected chi connectivity index (χ1v) is 11.3. The number of hydrogen-bond acceptors (Lipinski definition) is 4. The van der Waals surface area contributed by atoms with Gasteiger partial charge in [0.05, 0.1) is 11.4 Å². The zero-order valence-corrected chi connectivity index (χ0v) is 18.7. The lowest BCUT2D eigenvalue weighted by Gasteiger charge is -2.13. The molecule has 4 aromatic rings. The molecule has 3 aromatic carbocycles. The predicted molar refractivity (Wildman–Crippen MR) is 129 cm³/mol. The second-order valence-electron chi connectivity index (χ2n) is 7.61. The lowest BCUT2D eigenvalue weighted by Crippen LogP contribution is -2.27. The van der Waals surface area contributed by atoms with E-state index in [-0.39, 0.29) is 17.7 Å². The van der Waals surface area contributed by atoms with Gasteiger partial charge in [0, 0.05) is 16.7 Å². The van der Waals surface area contributed by atoms with E-state index in [4.69, 9.17) is 16.0 Å². The number of halogens is 1. The number of carbonyl (C=O) groups excluding carboxylic acids is 2. The smallest absolute Gasteiger partial charge is 0.293 e.